The van der Waals surface area contributed by atoms with Crippen LogP contribution in [0.15, 0.2) is 22.6 Å². The second-order valence-electron chi connectivity index (χ2n) is 18.5. The van der Waals surface area contributed by atoms with Crippen molar-refractivity contribution in [2.24, 2.45) is 17.3 Å². The van der Waals surface area contributed by atoms with E-state index in [4.69, 9.17) is 8.85 Å². The van der Waals surface area contributed by atoms with Crippen molar-refractivity contribution in [2.75, 3.05) is 0 Å². The number of rotatable bonds is 20. The first-order valence-corrected chi connectivity index (χ1v) is 26.0. The van der Waals surface area contributed by atoms with E-state index in [0.717, 1.165) is 42.0 Å². The molecule has 10 heteroatoms. The predicted molar refractivity (Wildman–Crippen MR) is 219 cm³/mol. The van der Waals surface area contributed by atoms with Gasteiger partial charge in [0.2, 0.25) is 0 Å². The molecule has 2 N–H and O–H groups in total. The maximum absolute atomic E-state index is 15.1. The summed E-state index contributed by atoms with van der Waals surface area (Å²) in [6.45, 7) is 32.4. The first kappa shape index (κ1) is 45.7. The van der Waals surface area contributed by atoms with E-state index in [1.165, 1.54) is 5.57 Å². The highest BCUT2D eigenvalue weighted by Crippen LogP contribution is 2.53. The van der Waals surface area contributed by atoms with Gasteiger partial charge in [-0.2, -0.15) is 0 Å². The van der Waals surface area contributed by atoms with Gasteiger partial charge in [0.05, 0.1) is 40.8 Å². The molecular weight excluding hydrogens is 691 g/mol. The fourth-order valence-corrected chi connectivity index (χ4v) is 9.99. The molecule has 0 bridgehead atoms. The summed E-state index contributed by atoms with van der Waals surface area (Å²) < 4.78 is 14.1. The number of carbonyl (C=O) groups excluding carboxylic acids is 1. The van der Waals surface area contributed by atoms with Crippen LogP contribution in [0.25, 0.3) is 6.08 Å². The zero-order chi connectivity index (χ0) is 39.2. The molecule has 1 heterocycles. The van der Waals surface area contributed by atoms with Gasteiger partial charge in [0.25, 0.3) is 0 Å². The van der Waals surface area contributed by atoms with Gasteiger partial charge in [-0.1, -0.05) is 73.5 Å². The zero-order valence-corrected chi connectivity index (χ0v) is 37.7. The van der Waals surface area contributed by atoms with Crippen LogP contribution >= 0.6 is 11.3 Å². The number of allylic oxidation sites excluding steroid dienone is 1. The first-order chi connectivity index (χ1) is 23.3. The Labute approximate surface area is 317 Å². The Morgan fingerprint density at radius 2 is 1.61 bits per heavy atom. The smallest absolute Gasteiger partial charge is 0.305 e. The lowest BCUT2D eigenvalue weighted by atomic mass is 9.58. The molecule has 1 aromatic heterocycles. The number of carboxylic acid groups (broad SMARTS) is 1. The monoisotopic (exact) mass is 763 g/mol. The lowest BCUT2D eigenvalue weighted by Gasteiger charge is -2.52. The molecule has 0 amide bonds. The molecule has 0 radical (unpaired) electrons. The Hall–Kier alpha value is -1.44. The van der Waals surface area contributed by atoms with Crippen molar-refractivity contribution in [2.45, 2.75) is 189 Å². The first-order valence-electron chi connectivity index (χ1n) is 19.3. The maximum Gasteiger partial charge on any atom is 0.305 e. The lowest BCUT2D eigenvalue weighted by molar-refractivity contribution is -0.156. The number of aryl methyl sites for hydroxylation is 1. The second kappa shape index (κ2) is 18.3. The molecule has 1 aliphatic carbocycles. The van der Waals surface area contributed by atoms with Gasteiger partial charge in [-0.3, -0.25) is 9.59 Å². The maximum atomic E-state index is 15.1. The lowest BCUT2D eigenvalue weighted by Crippen LogP contribution is -2.59. The standard InChI is InChI=1S/C41H73NO6SSi2/c1-16-33(38(46)41(23-18-24-41)35(26-36(44)45)47-50(12,13)39(6,7)8)37(48-51(14,15)40(9,10)11)29(3)20-17-19-28(2)21-22-34(43)30(4)25-32-27-49-31(5)42-32/h21,25,27,29,33-35,37,43H,16-20,22-24,26H2,1-15H3,(H,44,45)/t29-,33+,34-,35-,37-/m0/s1. The summed E-state index contributed by atoms with van der Waals surface area (Å²) in [6.07, 6.45) is 8.74. The van der Waals surface area contributed by atoms with Gasteiger partial charge < -0.3 is 19.1 Å². The topological polar surface area (TPSA) is 106 Å². The third kappa shape index (κ3) is 12.3. The van der Waals surface area contributed by atoms with Crippen LogP contribution in [0.2, 0.25) is 36.3 Å². The molecule has 7 nitrogen and oxygen atoms in total. The van der Waals surface area contributed by atoms with Crippen LogP contribution in [0, 0.1) is 24.2 Å². The van der Waals surface area contributed by atoms with E-state index in [0.29, 0.717) is 25.7 Å². The summed E-state index contributed by atoms with van der Waals surface area (Å²) in [7, 11) is -4.63. The summed E-state index contributed by atoms with van der Waals surface area (Å²) >= 11 is 1.61. The Morgan fingerprint density at radius 1 is 1.04 bits per heavy atom. The van der Waals surface area contributed by atoms with Crippen LogP contribution in [0.3, 0.4) is 0 Å². The van der Waals surface area contributed by atoms with Crippen molar-refractivity contribution >= 4 is 45.8 Å². The van der Waals surface area contributed by atoms with E-state index < -0.39 is 40.2 Å². The second-order valence-corrected chi connectivity index (χ2v) is 29.1. The number of nitrogens with zero attached hydrogens (tertiary/aromatic N) is 1. The van der Waals surface area contributed by atoms with E-state index in [2.05, 4.69) is 99.6 Å². The van der Waals surface area contributed by atoms with Crippen molar-refractivity contribution in [3.8, 4) is 0 Å². The molecule has 0 unspecified atom stereocenters. The molecule has 1 aliphatic rings. The molecule has 0 saturated heterocycles. The molecule has 1 saturated carbocycles. The van der Waals surface area contributed by atoms with Crippen LogP contribution in [-0.2, 0) is 18.4 Å². The van der Waals surface area contributed by atoms with Crippen LogP contribution in [0.1, 0.15) is 138 Å². The number of carbonyl (C=O) groups is 2. The number of hydrogen-bond donors (Lipinski definition) is 2. The molecule has 0 spiro atoms. The summed E-state index contributed by atoms with van der Waals surface area (Å²) in [5.41, 5.74) is 2.25. The fraction of sp³-hybridized carbons (Fsp3) is 0.780. The number of carboxylic acids is 1. The molecule has 51 heavy (non-hydrogen) atoms. The average Bonchev–Trinajstić information content (AvgIpc) is 3.37. The van der Waals surface area contributed by atoms with Crippen molar-refractivity contribution < 1.29 is 28.7 Å². The summed E-state index contributed by atoms with van der Waals surface area (Å²) in [6, 6.07) is 0. The molecule has 5 atom stereocenters. The van der Waals surface area contributed by atoms with Gasteiger partial charge in [0, 0.05) is 11.3 Å². The zero-order valence-electron chi connectivity index (χ0n) is 34.9. The van der Waals surface area contributed by atoms with Crippen molar-refractivity contribution in [3.63, 3.8) is 0 Å². The molecule has 0 aliphatic heterocycles. The number of ketones is 1. The number of aromatic nitrogens is 1. The van der Waals surface area contributed by atoms with E-state index in [-0.39, 0.29) is 40.2 Å². The van der Waals surface area contributed by atoms with E-state index in [1.807, 2.05) is 25.3 Å². The minimum absolute atomic E-state index is 0.0250. The fourth-order valence-electron chi connectivity index (χ4n) is 6.62. The number of aliphatic hydroxyl groups is 1. The van der Waals surface area contributed by atoms with Gasteiger partial charge >= 0.3 is 5.97 Å². The summed E-state index contributed by atoms with van der Waals surface area (Å²) in [5.74, 6) is -0.964. The number of hydrogen-bond acceptors (Lipinski definition) is 7. The average molecular weight is 764 g/mol. The Balaban J connectivity index is 2.32. The van der Waals surface area contributed by atoms with Gasteiger partial charge in [0.1, 0.15) is 5.78 Å². The third-order valence-corrected chi connectivity index (χ3v) is 22.1. The quantitative estimate of drug-likeness (QED) is 0.101. The van der Waals surface area contributed by atoms with Crippen LogP contribution in [0.5, 0.6) is 0 Å². The van der Waals surface area contributed by atoms with E-state index in [9.17, 15) is 15.0 Å². The number of aliphatic carboxylic acids is 1. The predicted octanol–water partition coefficient (Wildman–Crippen LogP) is 11.4. The number of thiazole rings is 1. The van der Waals surface area contributed by atoms with E-state index in [1.54, 1.807) is 11.3 Å². The minimum Gasteiger partial charge on any atom is -0.481 e. The van der Waals surface area contributed by atoms with Gasteiger partial charge in [0.15, 0.2) is 16.6 Å². The summed E-state index contributed by atoms with van der Waals surface area (Å²) in [5, 5.41) is 23.8. The molecule has 1 aromatic rings. The minimum atomic E-state index is -2.36. The molecule has 1 fully saturated rings. The Morgan fingerprint density at radius 3 is 2.06 bits per heavy atom. The van der Waals surface area contributed by atoms with Gasteiger partial charge in [-0.15, -0.1) is 11.3 Å². The molecule has 2 rings (SSSR count). The Bertz CT molecular complexity index is 1360. The van der Waals surface area contributed by atoms with Crippen molar-refractivity contribution in [1.82, 2.24) is 4.98 Å². The highest BCUT2D eigenvalue weighted by molar-refractivity contribution is 7.09. The highest BCUT2D eigenvalue weighted by atomic mass is 32.1. The molecule has 292 valence electrons. The molecule has 0 aromatic carbocycles. The van der Waals surface area contributed by atoms with Crippen molar-refractivity contribution in [1.29, 1.82) is 0 Å². The summed E-state index contributed by atoms with van der Waals surface area (Å²) in [4.78, 5) is 31.8. The van der Waals surface area contributed by atoms with Crippen LogP contribution < -0.4 is 0 Å². The highest BCUT2D eigenvalue weighted by Gasteiger charge is 2.57. The van der Waals surface area contributed by atoms with Gasteiger partial charge in [-0.25, -0.2) is 4.98 Å². The van der Waals surface area contributed by atoms with E-state index >= 15 is 4.79 Å². The number of Topliss-reactive ketones (excluding diaryl/α,β-unsaturated/α-hetero) is 1. The number of aliphatic hydroxyl groups excluding tert-OH is 1. The van der Waals surface area contributed by atoms with Crippen LogP contribution in [-0.4, -0.2) is 61.9 Å². The Kier molecular flexibility index (Phi) is 16.4. The largest absolute Gasteiger partial charge is 0.481 e. The van der Waals surface area contributed by atoms with Crippen molar-refractivity contribution in [3.05, 3.63) is 33.3 Å². The SMILES string of the molecule is CC[C@@H](C(=O)C1([C@H](CC(=O)O)O[Si](C)(C)C(C)(C)C)CCC1)[C@@H](O[Si](C)(C)C(C)(C)C)[C@@H](C)CCCC(C)=CC[C@H](O)C(C)=Cc1csc(C)n1. The third-order valence-electron chi connectivity index (χ3n) is 12.4. The molecular formula is C41H73NO6SSi2. The normalized spacial score (nSPS) is 19.2. The van der Waals surface area contributed by atoms with Crippen LogP contribution in [0.4, 0.5) is 0 Å². The van der Waals surface area contributed by atoms with Gasteiger partial charge in [-0.05, 0) is 120 Å².